The Labute approximate surface area is 94.7 Å². The highest BCUT2D eigenvalue weighted by molar-refractivity contribution is 8.14. The van der Waals surface area contributed by atoms with Crippen LogP contribution in [0.1, 0.15) is 18.4 Å². The molecule has 2 rings (SSSR count). The highest BCUT2D eigenvalue weighted by atomic mass is 35.7. The van der Waals surface area contributed by atoms with Crippen LogP contribution in [0.25, 0.3) is 0 Å². The van der Waals surface area contributed by atoms with Crippen molar-refractivity contribution in [3.8, 4) is 0 Å². The minimum absolute atomic E-state index is 0.312. The fraction of sp³-hybridized carbons (Fsp3) is 0.455. The van der Waals surface area contributed by atoms with Crippen LogP contribution < -0.4 is 0 Å². The molecule has 0 unspecified atom stereocenters. The van der Waals surface area contributed by atoms with E-state index in [0.29, 0.717) is 18.8 Å². The zero-order valence-electron chi connectivity index (χ0n) is 8.27. The van der Waals surface area contributed by atoms with Gasteiger partial charge >= 0.3 is 0 Å². The van der Waals surface area contributed by atoms with Crippen molar-refractivity contribution in [1.29, 1.82) is 0 Å². The van der Waals surface area contributed by atoms with Gasteiger partial charge in [-0.1, -0.05) is 30.3 Å². The van der Waals surface area contributed by atoms with Gasteiger partial charge in [-0.3, -0.25) is 0 Å². The molecule has 0 N–H and O–H groups in total. The SMILES string of the molecule is O=S(=O)(Cl)C1CC(Cc2ccccc2)C1. The topological polar surface area (TPSA) is 34.1 Å². The third kappa shape index (κ3) is 2.73. The summed E-state index contributed by atoms with van der Waals surface area (Å²) in [4.78, 5) is 0. The normalized spacial score (nSPS) is 25.9. The van der Waals surface area contributed by atoms with E-state index in [0.717, 1.165) is 6.42 Å². The highest BCUT2D eigenvalue weighted by Crippen LogP contribution is 2.36. The van der Waals surface area contributed by atoms with Crippen LogP contribution in [0.4, 0.5) is 0 Å². The second kappa shape index (κ2) is 4.14. The lowest BCUT2D eigenvalue weighted by Crippen LogP contribution is -2.34. The molecule has 1 saturated carbocycles. The third-order valence-electron chi connectivity index (χ3n) is 2.96. The molecule has 0 bridgehead atoms. The predicted molar refractivity (Wildman–Crippen MR) is 61.4 cm³/mol. The number of rotatable bonds is 3. The molecular formula is C11H13ClO2S. The van der Waals surface area contributed by atoms with Gasteiger partial charge in [-0.15, -0.1) is 0 Å². The molecule has 0 radical (unpaired) electrons. The summed E-state index contributed by atoms with van der Waals surface area (Å²) in [6.07, 6.45) is 2.38. The summed E-state index contributed by atoms with van der Waals surface area (Å²) in [5, 5.41) is -0.312. The number of benzene rings is 1. The van der Waals surface area contributed by atoms with Crippen molar-refractivity contribution in [2.45, 2.75) is 24.5 Å². The van der Waals surface area contributed by atoms with Crippen LogP contribution in [0.2, 0.25) is 0 Å². The van der Waals surface area contributed by atoms with Gasteiger partial charge < -0.3 is 0 Å². The van der Waals surface area contributed by atoms with Crippen LogP contribution in [0.3, 0.4) is 0 Å². The zero-order chi connectivity index (χ0) is 10.9. The molecule has 0 aromatic heterocycles. The molecule has 0 amide bonds. The fourth-order valence-corrected chi connectivity index (χ4v) is 3.46. The van der Waals surface area contributed by atoms with Crippen molar-refractivity contribution in [3.05, 3.63) is 35.9 Å². The second-order valence-electron chi connectivity index (χ2n) is 4.12. The van der Waals surface area contributed by atoms with Gasteiger partial charge in [-0.2, -0.15) is 0 Å². The molecule has 0 aliphatic heterocycles. The Morgan fingerprint density at radius 3 is 2.33 bits per heavy atom. The number of hydrogen-bond acceptors (Lipinski definition) is 2. The third-order valence-corrected chi connectivity index (χ3v) is 4.89. The quantitative estimate of drug-likeness (QED) is 0.766. The Morgan fingerprint density at radius 2 is 1.80 bits per heavy atom. The van der Waals surface area contributed by atoms with Crippen molar-refractivity contribution in [2.24, 2.45) is 5.92 Å². The van der Waals surface area contributed by atoms with Gasteiger partial charge in [0.25, 0.3) is 0 Å². The molecule has 1 aliphatic rings. The van der Waals surface area contributed by atoms with Crippen molar-refractivity contribution >= 4 is 19.7 Å². The number of hydrogen-bond donors (Lipinski definition) is 0. The first-order valence-electron chi connectivity index (χ1n) is 5.03. The van der Waals surface area contributed by atoms with E-state index < -0.39 is 9.05 Å². The van der Waals surface area contributed by atoms with E-state index in [1.807, 2.05) is 18.2 Å². The summed E-state index contributed by atoms with van der Waals surface area (Å²) in [5.74, 6) is 0.478. The highest BCUT2D eigenvalue weighted by Gasteiger charge is 2.37. The maximum absolute atomic E-state index is 11.0. The van der Waals surface area contributed by atoms with Crippen molar-refractivity contribution in [3.63, 3.8) is 0 Å². The molecule has 82 valence electrons. The molecule has 0 atom stereocenters. The Morgan fingerprint density at radius 1 is 1.20 bits per heavy atom. The van der Waals surface area contributed by atoms with Crippen molar-refractivity contribution < 1.29 is 8.42 Å². The van der Waals surface area contributed by atoms with E-state index in [2.05, 4.69) is 12.1 Å². The van der Waals surface area contributed by atoms with E-state index in [-0.39, 0.29) is 5.25 Å². The molecule has 1 aromatic rings. The maximum atomic E-state index is 11.0. The molecule has 1 aliphatic carbocycles. The molecule has 1 fully saturated rings. The summed E-state index contributed by atoms with van der Waals surface area (Å²) in [6, 6.07) is 10.1. The van der Waals surface area contributed by atoms with Gasteiger partial charge in [0.05, 0.1) is 5.25 Å². The first-order chi connectivity index (χ1) is 7.05. The van der Waals surface area contributed by atoms with Crippen LogP contribution in [0.15, 0.2) is 30.3 Å². The molecule has 0 heterocycles. The van der Waals surface area contributed by atoms with Gasteiger partial charge in [-0.05, 0) is 30.7 Å². The Kier molecular flexibility index (Phi) is 3.03. The van der Waals surface area contributed by atoms with E-state index in [1.165, 1.54) is 5.56 Å². The van der Waals surface area contributed by atoms with Gasteiger partial charge in [0.2, 0.25) is 9.05 Å². The minimum atomic E-state index is -3.32. The van der Waals surface area contributed by atoms with Crippen molar-refractivity contribution in [2.75, 3.05) is 0 Å². The van der Waals surface area contributed by atoms with E-state index in [9.17, 15) is 8.42 Å². The lowest BCUT2D eigenvalue weighted by Gasteiger charge is -2.32. The summed E-state index contributed by atoms with van der Waals surface area (Å²) in [7, 11) is 1.96. The molecule has 15 heavy (non-hydrogen) atoms. The van der Waals surface area contributed by atoms with Gasteiger partial charge in [-0.25, -0.2) is 8.42 Å². The van der Waals surface area contributed by atoms with Crippen LogP contribution in [-0.2, 0) is 15.5 Å². The molecule has 0 spiro atoms. The first-order valence-corrected chi connectivity index (χ1v) is 7.40. The molecule has 4 heteroatoms. The second-order valence-corrected chi connectivity index (χ2v) is 7.03. The fourth-order valence-electron chi connectivity index (χ4n) is 2.02. The Balaban J connectivity index is 1.87. The van der Waals surface area contributed by atoms with Crippen LogP contribution in [0.5, 0.6) is 0 Å². The molecular weight excluding hydrogens is 232 g/mol. The van der Waals surface area contributed by atoms with Gasteiger partial charge in [0, 0.05) is 10.7 Å². The largest absolute Gasteiger partial charge is 0.235 e. The van der Waals surface area contributed by atoms with Crippen LogP contribution >= 0.6 is 10.7 Å². The average Bonchev–Trinajstić information content (AvgIpc) is 2.10. The zero-order valence-corrected chi connectivity index (χ0v) is 9.84. The van der Waals surface area contributed by atoms with Crippen LogP contribution in [-0.4, -0.2) is 13.7 Å². The van der Waals surface area contributed by atoms with Crippen molar-refractivity contribution in [1.82, 2.24) is 0 Å². The molecule has 1 aromatic carbocycles. The monoisotopic (exact) mass is 244 g/mol. The summed E-state index contributed by atoms with van der Waals surface area (Å²) in [6.45, 7) is 0. The first kappa shape index (κ1) is 11.0. The maximum Gasteiger partial charge on any atom is 0.235 e. The lowest BCUT2D eigenvalue weighted by atomic mass is 9.80. The average molecular weight is 245 g/mol. The van der Waals surface area contributed by atoms with Crippen LogP contribution in [0, 0.1) is 5.92 Å². The predicted octanol–water partition coefficient (Wildman–Crippen LogP) is 2.58. The number of halogens is 1. The summed E-state index contributed by atoms with van der Waals surface area (Å²) in [5.41, 5.74) is 1.27. The smallest absolute Gasteiger partial charge is 0.212 e. The van der Waals surface area contributed by atoms with E-state index >= 15 is 0 Å². The summed E-state index contributed by atoms with van der Waals surface area (Å²) >= 11 is 0. The molecule has 2 nitrogen and oxygen atoms in total. The van der Waals surface area contributed by atoms with Gasteiger partial charge in [0.15, 0.2) is 0 Å². The Hall–Kier alpha value is -0.540. The Bertz CT molecular complexity index is 421. The van der Waals surface area contributed by atoms with Gasteiger partial charge in [0.1, 0.15) is 0 Å². The summed E-state index contributed by atoms with van der Waals surface area (Å²) < 4.78 is 22.0. The molecule has 0 saturated heterocycles. The lowest BCUT2D eigenvalue weighted by molar-refractivity contribution is 0.317. The standard InChI is InChI=1S/C11H13ClO2S/c12-15(13,14)11-7-10(8-11)6-9-4-2-1-3-5-9/h1-5,10-11H,6-8H2. The van der Waals surface area contributed by atoms with E-state index in [4.69, 9.17) is 10.7 Å². The van der Waals surface area contributed by atoms with E-state index in [1.54, 1.807) is 0 Å². The minimum Gasteiger partial charge on any atom is -0.212 e.